The highest BCUT2D eigenvalue weighted by atomic mass is 19.1. The third-order valence-corrected chi connectivity index (χ3v) is 4.62. The molecular formula is C18H19FN8O. The summed E-state index contributed by atoms with van der Waals surface area (Å²) in [6, 6.07) is 7.70. The predicted molar refractivity (Wildman–Crippen MR) is 99.4 cm³/mol. The predicted octanol–water partition coefficient (Wildman–Crippen LogP) is 1.68. The Morgan fingerprint density at radius 2 is 2.25 bits per heavy atom. The largest absolute Gasteiger partial charge is 0.322 e. The number of rotatable bonds is 3. The first-order valence-electron chi connectivity index (χ1n) is 8.86. The first kappa shape index (κ1) is 18.0. The van der Waals surface area contributed by atoms with Gasteiger partial charge in [0.1, 0.15) is 11.5 Å². The van der Waals surface area contributed by atoms with Crippen molar-refractivity contribution in [3.63, 3.8) is 0 Å². The Bertz CT molecular complexity index is 977. The van der Waals surface area contributed by atoms with E-state index in [-0.39, 0.29) is 17.8 Å². The van der Waals surface area contributed by atoms with Crippen LogP contribution in [0, 0.1) is 12.7 Å². The third kappa shape index (κ3) is 3.54. The van der Waals surface area contributed by atoms with Gasteiger partial charge in [0.05, 0.1) is 6.04 Å². The van der Waals surface area contributed by atoms with E-state index in [9.17, 15) is 9.18 Å². The molecule has 0 saturated carbocycles. The molecule has 28 heavy (non-hydrogen) atoms. The van der Waals surface area contributed by atoms with E-state index in [0.717, 1.165) is 5.56 Å². The number of piperazine rings is 1. The highest BCUT2D eigenvalue weighted by Crippen LogP contribution is 2.24. The minimum Gasteiger partial charge on any atom is -0.315 e. The Kier molecular flexibility index (Phi) is 4.94. The van der Waals surface area contributed by atoms with E-state index >= 15 is 0 Å². The molecule has 9 nitrogen and oxygen atoms in total. The maximum absolute atomic E-state index is 14.2. The monoisotopic (exact) mass is 382 g/mol. The van der Waals surface area contributed by atoms with Gasteiger partial charge < -0.3 is 15.5 Å². The average molecular weight is 382 g/mol. The molecule has 10 heteroatoms. The average Bonchev–Trinajstić information content (AvgIpc) is 3.15. The normalized spacial score (nSPS) is 16.8. The van der Waals surface area contributed by atoms with Crippen LogP contribution in [0.3, 0.4) is 0 Å². The number of aromatic nitrogens is 5. The van der Waals surface area contributed by atoms with E-state index in [1.165, 1.54) is 22.9 Å². The fraction of sp³-hybridized carbons (Fsp3) is 0.278. The van der Waals surface area contributed by atoms with Crippen LogP contribution in [0.1, 0.15) is 17.4 Å². The molecule has 0 aliphatic carbocycles. The second kappa shape index (κ2) is 7.69. The van der Waals surface area contributed by atoms with Gasteiger partial charge in [0.15, 0.2) is 5.82 Å². The number of pyridine rings is 1. The number of tetrazole rings is 1. The zero-order chi connectivity index (χ0) is 19.5. The van der Waals surface area contributed by atoms with Gasteiger partial charge in [-0.2, -0.15) is 4.68 Å². The third-order valence-electron chi connectivity index (χ3n) is 4.62. The Balaban J connectivity index is 1.57. The molecule has 1 saturated heterocycles. The molecule has 1 aliphatic rings. The molecule has 2 aromatic heterocycles. The lowest BCUT2D eigenvalue weighted by atomic mass is 10.1. The molecule has 3 aromatic rings. The zero-order valence-corrected chi connectivity index (χ0v) is 15.2. The zero-order valence-electron chi connectivity index (χ0n) is 15.2. The van der Waals surface area contributed by atoms with Gasteiger partial charge in [-0.15, -0.1) is 5.10 Å². The van der Waals surface area contributed by atoms with Crippen LogP contribution < -0.4 is 10.6 Å². The molecule has 1 unspecified atom stereocenters. The Hall–Kier alpha value is -3.40. The summed E-state index contributed by atoms with van der Waals surface area (Å²) in [6.07, 6.45) is 3.46. The summed E-state index contributed by atoms with van der Waals surface area (Å²) in [5.41, 5.74) is 1.58. The molecule has 2 amide bonds. The summed E-state index contributed by atoms with van der Waals surface area (Å²) in [4.78, 5) is 18.8. The molecule has 0 radical (unpaired) electrons. The minimum absolute atomic E-state index is 0.135. The number of aryl methyl sites for hydroxylation is 1. The quantitative estimate of drug-likeness (QED) is 0.715. The number of hydrogen-bond donors (Lipinski definition) is 2. The molecule has 4 rings (SSSR count). The highest BCUT2D eigenvalue weighted by Gasteiger charge is 2.28. The molecule has 0 spiro atoms. The fourth-order valence-corrected chi connectivity index (χ4v) is 3.22. The van der Waals surface area contributed by atoms with Gasteiger partial charge in [-0.05, 0) is 47.2 Å². The number of halogens is 1. The lowest BCUT2D eigenvalue weighted by molar-refractivity contribution is 0.171. The Labute approximate surface area is 160 Å². The second-order valence-corrected chi connectivity index (χ2v) is 6.43. The van der Waals surface area contributed by atoms with Crippen molar-refractivity contribution >= 4 is 11.7 Å². The van der Waals surface area contributed by atoms with Gasteiger partial charge in [0.25, 0.3) is 0 Å². The first-order chi connectivity index (χ1) is 13.6. The van der Waals surface area contributed by atoms with Crippen molar-refractivity contribution in [2.24, 2.45) is 0 Å². The van der Waals surface area contributed by atoms with E-state index in [2.05, 4.69) is 31.1 Å². The van der Waals surface area contributed by atoms with Crippen LogP contribution in [0.25, 0.3) is 5.69 Å². The molecule has 1 fully saturated rings. The van der Waals surface area contributed by atoms with Gasteiger partial charge in [0, 0.05) is 37.7 Å². The summed E-state index contributed by atoms with van der Waals surface area (Å²) in [6.45, 7) is 3.55. The van der Waals surface area contributed by atoms with E-state index in [1.54, 1.807) is 24.2 Å². The number of urea groups is 1. The molecule has 0 bridgehead atoms. The number of amides is 2. The summed E-state index contributed by atoms with van der Waals surface area (Å²) in [5.74, 6) is -0.0371. The van der Waals surface area contributed by atoms with Crippen LogP contribution >= 0.6 is 0 Å². The smallest absolute Gasteiger partial charge is 0.315 e. The summed E-state index contributed by atoms with van der Waals surface area (Å²) >= 11 is 0. The number of benzene rings is 1. The number of anilines is 1. The van der Waals surface area contributed by atoms with Crippen LogP contribution in [-0.2, 0) is 0 Å². The van der Waals surface area contributed by atoms with Crippen molar-refractivity contribution in [2.45, 2.75) is 13.0 Å². The van der Waals surface area contributed by atoms with Crippen molar-refractivity contribution in [3.8, 4) is 5.69 Å². The highest BCUT2D eigenvalue weighted by molar-refractivity contribution is 5.90. The van der Waals surface area contributed by atoms with Crippen LogP contribution in [0.15, 0.2) is 42.7 Å². The molecule has 1 atom stereocenters. The fourth-order valence-electron chi connectivity index (χ4n) is 3.22. The summed E-state index contributed by atoms with van der Waals surface area (Å²) < 4.78 is 15.5. The standard InChI is InChI=1S/C18H19FN8O/c1-12-23-24-25-27(12)16-9-14(4-5-15(16)19)22-18(28)26-8-7-21-11-17(26)13-3-2-6-20-10-13/h2-6,9-10,17,21H,7-8,11H2,1H3,(H,22,28). The maximum atomic E-state index is 14.2. The van der Waals surface area contributed by atoms with Gasteiger partial charge in [-0.25, -0.2) is 9.18 Å². The molecule has 1 aromatic carbocycles. The van der Waals surface area contributed by atoms with Gasteiger partial charge >= 0.3 is 6.03 Å². The number of carbonyl (C=O) groups excluding carboxylic acids is 1. The van der Waals surface area contributed by atoms with Crippen LogP contribution in [-0.4, -0.2) is 55.8 Å². The number of hydrogen-bond acceptors (Lipinski definition) is 6. The molecule has 144 valence electrons. The van der Waals surface area contributed by atoms with Gasteiger partial charge in [-0.1, -0.05) is 6.07 Å². The van der Waals surface area contributed by atoms with Gasteiger partial charge in [0.2, 0.25) is 0 Å². The van der Waals surface area contributed by atoms with Crippen LogP contribution in [0.2, 0.25) is 0 Å². The molecular weight excluding hydrogens is 363 g/mol. The Morgan fingerprint density at radius 3 is 3.00 bits per heavy atom. The second-order valence-electron chi connectivity index (χ2n) is 6.43. The van der Waals surface area contributed by atoms with E-state index in [4.69, 9.17) is 0 Å². The summed E-state index contributed by atoms with van der Waals surface area (Å²) in [5, 5.41) is 17.2. The molecule has 2 N–H and O–H groups in total. The topological polar surface area (TPSA) is 101 Å². The van der Waals surface area contributed by atoms with Gasteiger partial charge in [-0.3, -0.25) is 4.98 Å². The van der Waals surface area contributed by atoms with E-state index < -0.39 is 5.82 Å². The Morgan fingerprint density at radius 1 is 1.36 bits per heavy atom. The minimum atomic E-state index is -0.483. The van der Waals surface area contributed by atoms with Crippen molar-refractivity contribution in [3.05, 3.63) is 59.9 Å². The van der Waals surface area contributed by atoms with Crippen LogP contribution in [0.4, 0.5) is 14.9 Å². The number of nitrogens with one attached hydrogen (secondary N) is 2. The number of carbonyl (C=O) groups is 1. The van der Waals surface area contributed by atoms with Crippen molar-refractivity contribution in [1.29, 1.82) is 0 Å². The van der Waals surface area contributed by atoms with Crippen LogP contribution in [0.5, 0.6) is 0 Å². The first-order valence-corrected chi connectivity index (χ1v) is 8.86. The molecule has 3 heterocycles. The lowest BCUT2D eigenvalue weighted by Gasteiger charge is -2.36. The number of nitrogens with zero attached hydrogens (tertiary/aromatic N) is 6. The molecule has 1 aliphatic heterocycles. The lowest BCUT2D eigenvalue weighted by Crippen LogP contribution is -2.50. The SMILES string of the molecule is Cc1nnnn1-c1cc(NC(=O)N2CCNCC2c2cccnc2)ccc1F. The maximum Gasteiger partial charge on any atom is 0.322 e. The van der Waals surface area contributed by atoms with Crippen molar-refractivity contribution in [1.82, 2.24) is 35.4 Å². The van der Waals surface area contributed by atoms with E-state index in [1.807, 2.05) is 12.1 Å². The van der Waals surface area contributed by atoms with Crippen molar-refractivity contribution < 1.29 is 9.18 Å². The summed E-state index contributed by atoms with van der Waals surface area (Å²) in [7, 11) is 0. The van der Waals surface area contributed by atoms with E-state index in [0.29, 0.717) is 31.1 Å². The van der Waals surface area contributed by atoms with Crippen molar-refractivity contribution in [2.75, 3.05) is 25.0 Å².